The fraction of sp³-hybridized carbons (Fsp3) is 0.545. The molecular weight excluding hydrogens is 436 g/mol. The molecule has 1 aromatic heterocycles. The van der Waals surface area contributed by atoms with E-state index in [1.807, 2.05) is 35.9 Å². The van der Waals surface area contributed by atoms with E-state index in [-0.39, 0.29) is 18.7 Å². The summed E-state index contributed by atoms with van der Waals surface area (Å²) in [7, 11) is -1.02. The monoisotopic (exact) mass is 460 g/mol. The molecule has 10 heteroatoms. The van der Waals surface area contributed by atoms with Gasteiger partial charge in [-0.2, -0.15) is 8.42 Å². The van der Waals surface area contributed by atoms with Gasteiger partial charge in [-0.15, -0.1) is 0 Å². The van der Waals surface area contributed by atoms with Crippen LogP contribution in [-0.2, 0) is 52.0 Å². The normalized spacial score (nSPS) is 37.0. The maximum absolute atomic E-state index is 13.7. The molecule has 170 valence electrons. The van der Waals surface area contributed by atoms with E-state index in [9.17, 15) is 18.0 Å². The molecule has 1 aliphatic carbocycles. The molecule has 4 bridgehead atoms. The SMILES string of the molecule is COC(=O)C12CC3CC4(OS(=O)(=O)OC4C)C1N(CCc1c2n(C)c2ccccc12)C3=O. The number of amides is 1. The fourth-order valence-electron chi connectivity index (χ4n) is 7.02. The molecule has 5 unspecified atom stereocenters. The molecule has 5 heterocycles. The molecule has 4 aliphatic heterocycles. The van der Waals surface area contributed by atoms with Crippen molar-refractivity contribution in [3.63, 3.8) is 0 Å². The molecule has 1 aromatic carbocycles. The molecule has 3 saturated heterocycles. The molecule has 32 heavy (non-hydrogen) atoms. The van der Waals surface area contributed by atoms with Crippen molar-refractivity contribution in [3.05, 3.63) is 35.5 Å². The average Bonchev–Trinajstić information content (AvgIpc) is 3.10. The number of carbonyl (C=O) groups excluding carboxylic acids is 2. The van der Waals surface area contributed by atoms with E-state index in [1.165, 1.54) is 7.11 Å². The molecule has 2 aromatic rings. The first-order chi connectivity index (χ1) is 15.2. The lowest BCUT2D eigenvalue weighted by Crippen LogP contribution is -2.77. The van der Waals surface area contributed by atoms with Crippen molar-refractivity contribution >= 4 is 33.2 Å². The van der Waals surface area contributed by atoms with Crippen LogP contribution < -0.4 is 0 Å². The van der Waals surface area contributed by atoms with Gasteiger partial charge >= 0.3 is 16.4 Å². The predicted octanol–water partition coefficient (Wildman–Crippen LogP) is 1.18. The Morgan fingerprint density at radius 1 is 1.25 bits per heavy atom. The van der Waals surface area contributed by atoms with Crippen LogP contribution in [0.3, 0.4) is 0 Å². The number of methoxy groups -OCH3 is 1. The van der Waals surface area contributed by atoms with E-state index in [2.05, 4.69) is 0 Å². The highest BCUT2D eigenvalue weighted by molar-refractivity contribution is 7.82. The number of carbonyl (C=O) groups is 2. The standard InChI is InChI=1S/C22H24N2O7S/c1-12-22(31-32(27,28)30-12)11-13-10-21(20(26)29-3)17-15(8-9-24(18(13)25)19(21)22)14-6-4-5-7-16(14)23(17)2/h4-7,12-13,19H,8-11H2,1-3H3. The first kappa shape index (κ1) is 20.2. The maximum atomic E-state index is 13.7. The minimum atomic E-state index is -4.25. The smallest absolute Gasteiger partial charge is 0.400 e. The lowest BCUT2D eigenvalue weighted by atomic mass is 9.53. The molecule has 0 radical (unpaired) electrons. The van der Waals surface area contributed by atoms with E-state index < -0.39 is 45.4 Å². The number of benzene rings is 1. The number of ether oxygens (including phenoxy) is 1. The van der Waals surface area contributed by atoms with Crippen molar-refractivity contribution < 1.29 is 31.1 Å². The summed E-state index contributed by atoms with van der Waals surface area (Å²) in [6.07, 6.45) is 0.124. The Balaban J connectivity index is 1.72. The third-order valence-corrected chi connectivity index (χ3v) is 9.04. The van der Waals surface area contributed by atoms with E-state index in [0.29, 0.717) is 13.0 Å². The maximum Gasteiger partial charge on any atom is 0.400 e. The number of piperidine rings is 2. The number of aryl methyl sites for hydroxylation is 1. The molecule has 1 saturated carbocycles. The minimum absolute atomic E-state index is 0.0719. The Labute approximate surface area is 185 Å². The molecule has 1 amide bonds. The quantitative estimate of drug-likeness (QED) is 0.589. The second-order valence-electron chi connectivity index (χ2n) is 9.34. The first-order valence-electron chi connectivity index (χ1n) is 10.8. The zero-order chi connectivity index (χ0) is 22.6. The van der Waals surface area contributed by atoms with Crippen molar-refractivity contribution in [2.24, 2.45) is 13.0 Å². The van der Waals surface area contributed by atoms with Gasteiger partial charge in [-0.05, 0) is 37.8 Å². The summed E-state index contributed by atoms with van der Waals surface area (Å²) in [5.41, 5.74) is 0.0980. The van der Waals surface area contributed by atoms with Crippen LogP contribution in [-0.4, -0.2) is 61.2 Å². The third kappa shape index (κ3) is 2.18. The van der Waals surface area contributed by atoms with Crippen molar-refractivity contribution in [1.82, 2.24) is 9.47 Å². The van der Waals surface area contributed by atoms with Gasteiger partial charge < -0.3 is 14.2 Å². The van der Waals surface area contributed by atoms with Crippen LogP contribution in [0.5, 0.6) is 0 Å². The molecule has 1 spiro atoms. The van der Waals surface area contributed by atoms with Crippen molar-refractivity contribution in [2.45, 2.75) is 49.3 Å². The lowest BCUT2D eigenvalue weighted by Gasteiger charge is -2.60. The zero-order valence-electron chi connectivity index (χ0n) is 18.0. The third-order valence-electron chi connectivity index (χ3n) is 8.00. The number of aromatic nitrogens is 1. The average molecular weight is 461 g/mol. The second-order valence-corrected chi connectivity index (χ2v) is 10.5. The zero-order valence-corrected chi connectivity index (χ0v) is 18.8. The second kappa shape index (κ2) is 6.12. The van der Waals surface area contributed by atoms with Gasteiger partial charge in [0.05, 0.1) is 13.2 Å². The summed E-state index contributed by atoms with van der Waals surface area (Å²) in [5, 5.41) is 1.02. The van der Waals surface area contributed by atoms with Crippen LogP contribution >= 0.6 is 0 Å². The van der Waals surface area contributed by atoms with Gasteiger partial charge in [0, 0.05) is 36.1 Å². The van der Waals surface area contributed by atoms with Gasteiger partial charge in [-0.25, -0.2) is 8.37 Å². The van der Waals surface area contributed by atoms with E-state index >= 15 is 0 Å². The molecule has 0 N–H and O–H groups in total. The Morgan fingerprint density at radius 3 is 2.69 bits per heavy atom. The Kier molecular flexibility index (Phi) is 3.86. The number of esters is 1. The number of hydrogen-bond acceptors (Lipinski definition) is 7. The molecule has 5 atom stereocenters. The Bertz CT molecular complexity index is 1300. The number of para-hydroxylation sites is 1. The van der Waals surface area contributed by atoms with Gasteiger partial charge in [0.25, 0.3) is 0 Å². The summed E-state index contributed by atoms with van der Waals surface area (Å²) >= 11 is 0. The summed E-state index contributed by atoms with van der Waals surface area (Å²) in [6.45, 7) is 1.99. The predicted molar refractivity (Wildman–Crippen MR) is 112 cm³/mol. The van der Waals surface area contributed by atoms with Gasteiger partial charge in [-0.1, -0.05) is 18.2 Å². The van der Waals surface area contributed by atoms with Crippen LogP contribution in [0.1, 0.15) is 31.0 Å². The van der Waals surface area contributed by atoms with Gasteiger partial charge in [0.1, 0.15) is 17.1 Å². The van der Waals surface area contributed by atoms with Crippen molar-refractivity contribution in [2.75, 3.05) is 13.7 Å². The Morgan fingerprint density at radius 2 is 2.00 bits per heavy atom. The lowest BCUT2D eigenvalue weighted by molar-refractivity contribution is -0.195. The number of nitrogens with zero attached hydrogens (tertiary/aromatic N) is 2. The summed E-state index contributed by atoms with van der Waals surface area (Å²) < 4.78 is 43.1. The van der Waals surface area contributed by atoms with Crippen LogP contribution in [0.25, 0.3) is 10.9 Å². The number of rotatable bonds is 1. The summed E-state index contributed by atoms with van der Waals surface area (Å²) in [6, 6.07) is 7.04. The van der Waals surface area contributed by atoms with Crippen LogP contribution in [0, 0.1) is 5.92 Å². The summed E-state index contributed by atoms with van der Waals surface area (Å²) in [5.74, 6) is -1.14. The number of fused-ring (bicyclic) bond motifs is 3. The van der Waals surface area contributed by atoms with Crippen LogP contribution in [0.2, 0.25) is 0 Å². The van der Waals surface area contributed by atoms with E-state index in [4.69, 9.17) is 13.1 Å². The summed E-state index contributed by atoms with van der Waals surface area (Å²) in [4.78, 5) is 28.7. The van der Waals surface area contributed by atoms with Gasteiger partial charge in [0.2, 0.25) is 5.91 Å². The minimum Gasteiger partial charge on any atom is -0.468 e. The van der Waals surface area contributed by atoms with Gasteiger partial charge in [0.15, 0.2) is 0 Å². The highest BCUT2D eigenvalue weighted by atomic mass is 32.3. The molecular formula is C22H24N2O7S. The fourth-order valence-corrected chi connectivity index (χ4v) is 8.25. The Hall–Kier alpha value is -2.43. The molecule has 5 aliphatic rings. The highest BCUT2D eigenvalue weighted by Gasteiger charge is 2.76. The largest absolute Gasteiger partial charge is 0.468 e. The highest BCUT2D eigenvalue weighted by Crippen LogP contribution is 2.60. The first-order valence-corrected chi connectivity index (χ1v) is 12.1. The molecule has 7 rings (SSSR count). The number of hydrogen-bond donors (Lipinski definition) is 0. The van der Waals surface area contributed by atoms with Crippen molar-refractivity contribution in [3.8, 4) is 0 Å². The molecule has 4 fully saturated rings. The van der Waals surface area contributed by atoms with Crippen LogP contribution in [0.15, 0.2) is 24.3 Å². The molecule has 9 nitrogen and oxygen atoms in total. The van der Waals surface area contributed by atoms with Gasteiger partial charge in [-0.3, -0.25) is 9.59 Å². The van der Waals surface area contributed by atoms with Crippen LogP contribution in [0.4, 0.5) is 0 Å². The van der Waals surface area contributed by atoms with Crippen molar-refractivity contribution in [1.29, 1.82) is 0 Å². The topological polar surface area (TPSA) is 104 Å². The van der Waals surface area contributed by atoms with E-state index in [1.54, 1.807) is 11.8 Å². The van der Waals surface area contributed by atoms with E-state index in [0.717, 1.165) is 22.2 Å².